The fourth-order valence-electron chi connectivity index (χ4n) is 4.78. The fraction of sp³-hybridized carbons (Fsp3) is 0.241. The largest absolute Gasteiger partial charge is 0.491 e. The van der Waals surface area contributed by atoms with E-state index in [1.165, 1.54) is 54.9 Å². The molecule has 0 N–H and O–H groups in total. The van der Waals surface area contributed by atoms with Gasteiger partial charge in [0.1, 0.15) is 42.4 Å². The molecule has 1 aliphatic heterocycles. The van der Waals surface area contributed by atoms with Gasteiger partial charge in [-0.1, -0.05) is 60.7 Å². The van der Waals surface area contributed by atoms with Crippen LogP contribution in [0, 0.1) is 0 Å². The smallest absolute Gasteiger partial charge is 0.422 e. The monoisotopic (exact) mass is 554 g/mol. The van der Waals surface area contributed by atoms with Gasteiger partial charge in [-0.2, -0.15) is 27.7 Å². The van der Waals surface area contributed by atoms with Crippen LogP contribution in [0.4, 0.5) is 17.6 Å². The summed E-state index contributed by atoms with van der Waals surface area (Å²) in [5.41, 5.74) is -1.27. The van der Waals surface area contributed by atoms with Crippen LogP contribution in [-0.4, -0.2) is 45.8 Å². The maximum atomic E-state index is 14.6. The van der Waals surface area contributed by atoms with Gasteiger partial charge in [-0.25, -0.2) is 4.98 Å². The van der Waals surface area contributed by atoms with Gasteiger partial charge in [0.25, 0.3) is 6.01 Å². The van der Waals surface area contributed by atoms with E-state index in [1.54, 1.807) is 17.1 Å². The summed E-state index contributed by atoms with van der Waals surface area (Å²) in [5.74, 6) is 0.325. The summed E-state index contributed by atoms with van der Waals surface area (Å²) in [6.45, 7) is 0.717. The number of alkyl halides is 3. The minimum atomic E-state index is -4.94. The number of ether oxygens (including phenoxy) is 2. The predicted molar refractivity (Wildman–Crippen MR) is 138 cm³/mol. The molecule has 2 unspecified atom stereocenters. The first-order chi connectivity index (χ1) is 19.2. The lowest BCUT2D eigenvalue weighted by Gasteiger charge is -2.34. The molecule has 2 atom stereocenters. The number of hydroxylamine groups is 2. The number of nitrogens with zero attached hydrogens (tertiary/aromatic N) is 4. The molecule has 7 nitrogen and oxygen atoms in total. The van der Waals surface area contributed by atoms with Crippen molar-refractivity contribution in [2.45, 2.75) is 30.8 Å². The maximum absolute atomic E-state index is 14.6. The van der Waals surface area contributed by atoms with Crippen molar-refractivity contribution in [3.8, 4) is 11.5 Å². The standard InChI is InChI=1S/C29H26F4N4O3/c1-36-28(18-37-20-34-19-35-37,22-10-6-3-7-11-22)16-25(40-36)17-38-23-12-14-24(15-13-23)39-27(30)26(29(31,32)33)21-8-4-2-5-9-21/h2-15,19-20,25H,16-18H2,1H3/b27-26+. The van der Waals surface area contributed by atoms with Gasteiger partial charge >= 0.3 is 6.18 Å². The van der Waals surface area contributed by atoms with Gasteiger partial charge < -0.3 is 9.47 Å². The number of rotatable bonds is 9. The second-order valence-electron chi connectivity index (χ2n) is 9.32. The van der Waals surface area contributed by atoms with Crippen LogP contribution in [0.2, 0.25) is 0 Å². The summed E-state index contributed by atoms with van der Waals surface area (Å²) in [4.78, 5) is 10.2. The van der Waals surface area contributed by atoms with Crippen molar-refractivity contribution in [1.82, 2.24) is 19.8 Å². The van der Waals surface area contributed by atoms with E-state index >= 15 is 0 Å². The number of hydrogen-bond acceptors (Lipinski definition) is 6. The Labute approximate surface area is 228 Å². The van der Waals surface area contributed by atoms with Crippen molar-refractivity contribution in [3.05, 3.63) is 115 Å². The topological polar surface area (TPSA) is 61.6 Å². The zero-order valence-corrected chi connectivity index (χ0v) is 21.5. The van der Waals surface area contributed by atoms with Crippen LogP contribution < -0.4 is 9.47 Å². The Bertz CT molecular complexity index is 1420. The van der Waals surface area contributed by atoms with Crippen LogP contribution in [0.3, 0.4) is 0 Å². The maximum Gasteiger partial charge on any atom is 0.422 e. The van der Waals surface area contributed by atoms with Gasteiger partial charge in [0.15, 0.2) is 0 Å². The molecule has 40 heavy (non-hydrogen) atoms. The first-order valence-corrected chi connectivity index (χ1v) is 12.5. The van der Waals surface area contributed by atoms with E-state index in [0.717, 1.165) is 5.56 Å². The van der Waals surface area contributed by atoms with Crippen molar-refractivity contribution in [2.24, 2.45) is 0 Å². The highest BCUT2D eigenvalue weighted by Gasteiger charge is 2.47. The molecule has 1 aromatic heterocycles. The first-order valence-electron chi connectivity index (χ1n) is 12.5. The van der Waals surface area contributed by atoms with Crippen LogP contribution in [0.1, 0.15) is 17.5 Å². The Kier molecular flexibility index (Phi) is 7.85. The van der Waals surface area contributed by atoms with Crippen LogP contribution in [0.25, 0.3) is 5.57 Å². The van der Waals surface area contributed by atoms with E-state index in [2.05, 4.69) is 10.1 Å². The Balaban J connectivity index is 1.26. The number of halogens is 4. The van der Waals surface area contributed by atoms with E-state index in [9.17, 15) is 17.6 Å². The summed E-state index contributed by atoms with van der Waals surface area (Å²) in [6.07, 6.45) is -1.50. The van der Waals surface area contributed by atoms with Gasteiger partial charge in [0.2, 0.25) is 0 Å². The summed E-state index contributed by atoms with van der Waals surface area (Å²) >= 11 is 0. The zero-order valence-electron chi connectivity index (χ0n) is 21.5. The highest BCUT2D eigenvalue weighted by atomic mass is 19.4. The second kappa shape index (κ2) is 11.5. The molecule has 0 saturated carbocycles. The van der Waals surface area contributed by atoms with Gasteiger partial charge in [-0.15, -0.1) is 0 Å². The molecule has 0 spiro atoms. The molecule has 5 rings (SSSR count). The molecule has 4 aromatic rings. The van der Waals surface area contributed by atoms with Gasteiger partial charge in [-0.3, -0.25) is 9.52 Å². The summed E-state index contributed by atoms with van der Waals surface area (Å²) < 4.78 is 67.9. The first kappa shape index (κ1) is 27.4. The van der Waals surface area contributed by atoms with Crippen molar-refractivity contribution in [1.29, 1.82) is 0 Å². The number of benzene rings is 3. The van der Waals surface area contributed by atoms with E-state index in [0.29, 0.717) is 18.7 Å². The molecule has 1 aliphatic rings. The Morgan fingerprint density at radius 3 is 2.25 bits per heavy atom. The molecule has 1 fully saturated rings. The van der Waals surface area contributed by atoms with Crippen molar-refractivity contribution in [2.75, 3.05) is 13.7 Å². The molecule has 11 heteroatoms. The summed E-state index contributed by atoms with van der Waals surface area (Å²) in [7, 11) is 1.86. The lowest BCUT2D eigenvalue weighted by Crippen LogP contribution is -2.41. The van der Waals surface area contributed by atoms with E-state index in [4.69, 9.17) is 14.3 Å². The molecule has 3 aromatic carbocycles. The average Bonchev–Trinajstić information content (AvgIpc) is 3.56. The fourth-order valence-corrected chi connectivity index (χ4v) is 4.78. The lowest BCUT2D eigenvalue weighted by molar-refractivity contribution is -0.180. The van der Waals surface area contributed by atoms with E-state index < -0.39 is 23.3 Å². The van der Waals surface area contributed by atoms with Crippen LogP contribution >= 0.6 is 0 Å². The number of likely N-dealkylation sites (N-methyl/N-ethyl adjacent to an activating group) is 1. The number of aromatic nitrogens is 3. The van der Waals surface area contributed by atoms with Gasteiger partial charge in [-0.05, 0) is 35.4 Å². The average molecular weight is 555 g/mol. The summed E-state index contributed by atoms with van der Waals surface area (Å²) in [5, 5.41) is 6.08. The third-order valence-electron chi connectivity index (χ3n) is 6.69. The zero-order chi connectivity index (χ0) is 28.2. The Morgan fingerprint density at radius 1 is 0.975 bits per heavy atom. The molecular weight excluding hydrogens is 528 g/mol. The third kappa shape index (κ3) is 6.00. The third-order valence-corrected chi connectivity index (χ3v) is 6.69. The van der Waals surface area contributed by atoms with Gasteiger partial charge in [0.05, 0.1) is 12.1 Å². The van der Waals surface area contributed by atoms with Crippen molar-refractivity contribution < 1.29 is 31.9 Å². The van der Waals surface area contributed by atoms with Crippen LogP contribution in [0.15, 0.2) is 104 Å². The number of hydrogen-bond donors (Lipinski definition) is 0. The Hall–Kier alpha value is -4.22. The molecule has 0 bridgehead atoms. The SMILES string of the molecule is CN1OC(COc2ccc(O/C(F)=C(\c3ccccc3)C(F)(F)F)cc2)CC1(Cn1cncn1)c1ccccc1. The summed E-state index contributed by atoms with van der Waals surface area (Å²) in [6, 6.07) is 20.6. The second-order valence-corrected chi connectivity index (χ2v) is 9.32. The van der Waals surface area contributed by atoms with Crippen molar-refractivity contribution >= 4 is 5.57 Å². The quantitative estimate of drug-likeness (QED) is 0.182. The minimum Gasteiger partial charge on any atom is -0.491 e. The molecule has 1 saturated heterocycles. The van der Waals surface area contributed by atoms with Gasteiger partial charge in [0, 0.05) is 13.5 Å². The highest BCUT2D eigenvalue weighted by Crippen LogP contribution is 2.41. The molecule has 0 radical (unpaired) electrons. The number of allylic oxidation sites excluding steroid dienone is 1. The molecule has 2 heterocycles. The van der Waals surface area contributed by atoms with Crippen molar-refractivity contribution in [3.63, 3.8) is 0 Å². The van der Waals surface area contributed by atoms with Crippen LogP contribution in [0.5, 0.6) is 11.5 Å². The normalized spacial score (nSPS) is 20.3. The molecule has 0 aliphatic carbocycles. The molecule has 208 valence electrons. The Morgan fingerprint density at radius 2 is 1.62 bits per heavy atom. The highest BCUT2D eigenvalue weighted by molar-refractivity contribution is 5.70. The predicted octanol–water partition coefficient (Wildman–Crippen LogP) is 6.17. The van der Waals surface area contributed by atoms with Crippen LogP contribution in [-0.2, 0) is 16.9 Å². The van der Waals surface area contributed by atoms with E-state index in [-0.39, 0.29) is 24.0 Å². The van der Waals surface area contributed by atoms with E-state index in [1.807, 2.05) is 42.4 Å². The molecular formula is C29H26F4N4O3. The lowest BCUT2D eigenvalue weighted by atomic mass is 9.85. The molecule has 0 amide bonds. The minimum absolute atomic E-state index is 0.102.